The Morgan fingerprint density at radius 1 is 1.38 bits per heavy atom. The molecule has 1 aliphatic heterocycles. The number of hydrogen-bond acceptors (Lipinski definition) is 6. The normalized spacial score (nSPS) is 15.8. The van der Waals surface area contributed by atoms with E-state index in [4.69, 9.17) is 15.2 Å². The van der Waals surface area contributed by atoms with E-state index in [1.165, 1.54) is 0 Å². The number of benzene rings is 1. The molecule has 7 nitrogen and oxygen atoms in total. The molecule has 0 radical (unpaired) electrons. The van der Waals surface area contributed by atoms with Crippen molar-refractivity contribution in [2.24, 2.45) is 0 Å². The molecule has 4 N–H and O–H groups in total. The number of carbonyl (C=O) groups excluding carboxylic acids is 1. The first kappa shape index (κ1) is 15.9. The number of amides is 1. The smallest absolute Gasteiger partial charge is 0.411 e. The average Bonchev–Trinajstić information content (AvgIpc) is 2.58. The number of rotatable bonds is 4. The number of nitrogen functional groups attached to an aromatic ring is 1. The number of para-hydroxylation sites is 1. The number of pyridine rings is 1. The topological polar surface area (TPSA) is 98.5 Å². The Labute approximate surface area is 140 Å². The Balaban J connectivity index is 1.73. The minimum atomic E-state index is -0.551. The predicted octanol–water partition coefficient (Wildman–Crippen LogP) is 3.17. The summed E-state index contributed by atoms with van der Waals surface area (Å²) in [6, 6.07) is 11.5. The molecule has 1 aliphatic rings. The number of nitrogens with zero attached hydrogens (tertiary/aromatic N) is 1. The van der Waals surface area contributed by atoms with Crippen molar-refractivity contribution < 1.29 is 14.3 Å². The van der Waals surface area contributed by atoms with Crippen LogP contribution < -0.4 is 21.1 Å². The van der Waals surface area contributed by atoms with Crippen LogP contribution in [0.2, 0.25) is 0 Å². The molecule has 0 spiro atoms. The zero-order valence-electron chi connectivity index (χ0n) is 13.4. The molecule has 24 heavy (non-hydrogen) atoms. The van der Waals surface area contributed by atoms with Crippen LogP contribution in [-0.4, -0.2) is 24.3 Å². The quantitative estimate of drug-likeness (QED) is 0.797. The zero-order valence-corrected chi connectivity index (χ0v) is 13.4. The second-order valence-electron chi connectivity index (χ2n) is 5.35. The lowest BCUT2D eigenvalue weighted by Crippen LogP contribution is -2.21. The van der Waals surface area contributed by atoms with Crippen LogP contribution in [-0.2, 0) is 4.74 Å². The average molecular weight is 328 g/mol. The third-order valence-electron chi connectivity index (χ3n) is 3.72. The summed E-state index contributed by atoms with van der Waals surface area (Å²) >= 11 is 0. The number of carbonyl (C=O) groups is 1. The van der Waals surface area contributed by atoms with E-state index in [-0.39, 0.29) is 11.9 Å². The monoisotopic (exact) mass is 328 g/mol. The van der Waals surface area contributed by atoms with Crippen molar-refractivity contribution in [3.63, 3.8) is 0 Å². The third kappa shape index (κ3) is 3.51. The lowest BCUT2D eigenvalue weighted by Gasteiger charge is -2.27. The number of fused-ring (bicyclic) bond motifs is 1. The Hall–Kier alpha value is -2.96. The molecule has 2 aromatic rings. The highest BCUT2D eigenvalue weighted by atomic mass is 16.5. The fourth-order valence-corrected chi connectivity index (χ4v) is 2.61. The van der Waals surface area contributed by atoms with Crippen LogP contribution in [0, 0.1) is 0 Å². The van der Waals surface area contributed by atoms with E-state index >= 15 is 0 Å². The number of anilines is 3. The summed E-state index contributed by atoms with van der Waals surface area (Å²) in [6.45, 7) is 2.68. The molecular formula is C17H20N4O3. The largest absolute Gasteiger partial charge is 0.493 e. The van der Waals surface area contributed by atoms with Gasteiger partial charge in [0.2, 0.25) is 0 Å². The first-order valence-electron chi connectivity index (χ1n) is 7.86. The minimum Gasteiger partial charge on any atom is -0.493 e. The summed E-state index contributed by atoms with van der Waals surface area (Å²) in [7, 11) is 0. The summed E-state index contributed by atoms with van der Waals surface area (Å²) < 4.78 is 10.5. The molecule has 0 saturated heterocycles. The van der Waals surface area contributed by atoms with Crippen LogP contribution in [0.15, 0.2) is 36.4 Å². The molecular weight excluding hydrogens is 308 g/mol. The highest BCUT2D eigenvalue weighted by Crippen LogP contribution is 2.34. The second kappa shape index (κ2) is 7.08. The van der Waals surface area contributed by atoms with Crippen molar-refractivity contribution in [3.05, 3.63) is 42.0 Å². The van der Waals surface area contributed by atoms with Crippen LogP contribution >= 0.6 is 0 Å². The van der Waals surface area contributed by atoms with Crippen LogP contribution in [0.1, 0.15) is 24.9 Å². The van der Waals surface area contributed by atoms with Gasteiger partial charge in [0.15, 0.2) is 0 Å². The van der Waals surface area contributed by atoms with Crippen LogP contribution in [0.25, 0.3) is 0 Å². The minimum absolute atomic E-state index is 0.103. The molecule has 0 bridgehead atoms. The van der Waals surface area contributed by atoms with Crippen molar-refractivity contribution >= 4 is 23.4 Å². The summed E-state index contributed by atoms with van der Waals surface area (Å²) in [6.07, 6.45) is 0.284. The van der Waals surface area contributed by atoms with Crippen molar-refractivity contribution in [1.29, 1.82) is 0 Å². The van der Waals surface area contributed by atoms with Gasteiger partial charge in [-0.05, 0) is 25.1 Å². The van der Waals surface area contributed by atoms with E-state index in [9.17, 15) is 4.79 Å². The molecule has 0 fully saturated rings. The molecule has 1 unspecified atom stereocenters. The van der Waals surface area contributed by atoms with Gasteiger partial charge in [-0.1, -0.05) is 18.2 Å². The Bertz CT molecular complexity index is 736. The second-order valence-corrected chi connectivity index (χ2v) is 5.35. The number of nitrogens with two attached hydrogens (primary N) is 1. The van der Waals surface area contributed by atoms with Gasteiger partial charge in [-0.25, -0.2) is 9.78 Å². The maximum atomic E-state index is 11.5. The highest BCUT2D eigenvalue weighted by molar-refractivity contribution is 5.88. The summed E-state index contributed by atoms with van der Waals surface area (Å²) in [4.78, 5) is 15.8. The van der Waals surface area contributed by atoms with Gasteiger partial charge in [0.05, 0.1) is 24.9 Å². The van der Waals surface area contributed by atoms with E-state index in [2.05, 4.69) is 15.6 Å². The number of nitrogens with one attached hydrogen (secondary N) is 2. The molecule has 1 atom stereocenters. The van der Waals surface area contributed by atoms with E-state index in [0.29, 0.717) is 24.7 Å². The van der Waals surface area contributed by atoms with Gasteiger partial charge in [0.25, 0.3) is 0 Å². The van der Waals surface area contributed by atoms with Gasteiger partial charge >= 0.3 is 6.09 Å². The van der Waals surface area contributed by atoms with Crippen molar-refractivity contribution in [1.82, 2.24) is 4.98 Å². The molecule has 7 heteroatoms. The SMILES string of the molecule is CCOC(=O)Nc1ccc(NC2CCOc3ccccc32)nc1N. The van der Waals surface area contributed by atoms with E-state index in [1.807, 2.05) is 24.3 Å². The maximum Gasteiger partial charge on any atom is 0.411 e. The van der Waals surface area contributed by atoms with Crippen LogP contribution in [0.4, 0.5) is 22.1 Å². The first-order valence-corrected chi connectivity index (χ1v) is 7.86. The first-order chi connectivity index (χ1) is 11.7. The third-order valence-corrected chi connectivity index (χ3v) is 3.72. The van der Waals surface area contributed by atoms with Gasteiger partial charge in [-0.15, -0.1) is 0 Å². The van der Waals surface area contributed by atoms with Crippen molar-refractivity contribution in [3.8, 4) is 5.75 Å². The number of aromatic nitrogens is 1. The molecule has 2 heterocycles. The van der Waals surface area contributed by atoms with Crippen molar-refractivity contribution in [2.75, 3.05) is 29.6 Å². The fraction of sp³-hybridized carbons (Fsp3) is 0.294. The molecule has 0 aliphatic carbocycles. The summed E-state index contributed by atoms with van der Waals surface area (Å²) in [5.74, 6) is 1.76. The van der Waals surface area contributed by atoms with Crippen LogP contribution in [0.3, 0.4) is 0 Å². The fourth-order valence-electron chi connectivity index (χ4n) is 2.61. The molecule has 0 saturated carbocycles. The van der Waals surface area contributed by atoms with E-state index < -0.39 is 6.09 Å². The Kier molecular flexibility index (Phi) is 4.69. The summed E-state index contributed by atoms with van der Waals surface area (Å²) in [5, 5.41) is 5.93. The lowest BCUT2D eigenvalue weighted by atomic mass is 10.0. The molecule has 1 amide bonds. The zero-order chi connectivity index (χ0) is 16.9. The predicted molar refractivity (Wildman–Crippen MR) is 92.2 cm³/mol. The van der Waals surface area contributed by atoms with Crippen molar-refractivity contribution in [2.45, 2.75) is 19.4 Å². The van der Waals surface area contributed by atoms with Gasteiger partial charge in [0.1, 0.15) is 17.4 Å². The lowest BCUT2D eigenvalue weighted by molar-refractivity contribution is 0.168. The van der Waals surface area contributed by atoms with E-state index in [1.54, 1.807) is 19.1 Å². The summed E-state index contributed by atoms with van der Waals surface area (Å²) in [5.41, 5.74) is 7.44. The van der Waals surface area contributed by atoms with Gasteiger partial charge in [-0.3, -0.25) is 5.32 Å². The highest BCUT2D eigenvalue weighted by Gasteiger charge is 2.21. The molecule has 1 aromatic heterocycles. The standard InChI is InChI=1S/C17H20N4O3/c1-2-23-17(22)20-13-7-8-15(21-16(13)18)19-12-9-10-24-14-6-4-3-5-11(12)14/h3-8,12H,2,9-10H2,1H3,(H,20,22)(H3,18,19,21). The number of hydrogen-bond donors (Lipinski definition) is 3. The van der Waals surface area contributed by atoms with E-state index in [0.717, 1.165) is 17.7 Å². The van der Waals surface area contributed by atoms with Crippen LogP contribution in [0.5, 0.6) is 5.75 Å². The van der Waals surface area contributed by atoms with Gasteiger partial charge in [-0.2, -0.15) is 0 Å². The number of ether oxygens (including phenoxy) is 2. The molecule has 126 valence electrons. The molecule has 3 rings (SSSR count). The Morgan fingerprint density at radius 2 is 2.21 bits per heavy atom. The Morgan fingerprint density at radius 3 is 3.00 bits per heavy atom. The van der Waals surface area contributed by atoms with Gasteiger partial charge in [0, 0.05) is 12.0 Å². The maximum absolute atomic E-state index is 11.5. The molecule has 1 aromatic carbocycles. The van der Waals surface area contributed by atoms with Gasteiger partial charge < -0.3 is 20.5 Å².